The number of aryl methyl sites for hydroxylation is 4. The first-order valence-corrected chi connectivity index (χ1v) is 17.6. The molecule has 4 rings (SSSR count). The maximum absolute atomic E-state index is 13.2. The predicted molar refractivity (Wildman–Crippen MR) is 184 cm³/mol. The van der Waals surface area contributed by atoms with Crippen molar-refractivity contribution in [2.45, 2.75) is 130 Å². The highest BCUT2D eigenvalue weighted by Crippen LogP contribution is 2.25. The molecule has 2 aliphatic rings. The number of carbonyl (C=O) groups is 2. The fourth-order valence-electron chi connectivity index (χ4n) is 7.24. The van der Waals surface area contributed by atoms with E-state index in [-0.39, 0.29) is 23.9 Å². The van der Waals surface area contributed by atoms with Crippen molar-refractivity contribution in [1.82, 2.24) is 9.80 Å². The number of carbonyl (C=O) groups excluding carboxylic acids is 2. The molecule has 0 radical (unpaired) electrons. The first kappa shape index (κ1) is 34.2. The summed E-state index contributed by atoms with van der Waals surface area (Å²) < 4.78 is 0. The van der Waals surface area contributed by atoms with Crippen LogP contribution in [-0.2, 0) is 9.59 Å². The smallest absolute Gasteiger partial charge is 0.241 e. The lowest BCUT2D eigenvalue weighted by Gasteiger charge is -2.35. The fraction of sp³-hybridized carbons (Fsp3) is 0.632. The van der Waals surface area contributed by atoms with Gasteiger partial charge in [0, 0.05) is 11.4 Å². The van der Waals surface area contributed by atoms with Crippen LogP contribution in [0.2, 0.25) is 0 Å². The average molecular weight is 603 g/mol. The molecule has 2 atom stereocenters. The number of likely N-dealkylation sites (tertiary alicyclic amines) is 2. The molecule has 2 N–H and O–H groups in total. The topological polar surface area (TPSA) is 64.7 Å². The van der Waals surface area contributed by atoms with Crippen molar-refractivity contribution in [2.75, 3.05) is 36.8 Å². The van der Waals surface area contributed by atoms with E-state index < -0.39 is 0 Å². The maximum Gasteiger partial charge on any atom is 0.241 e. The number of rotatable bonds is 15. The molecule has 0 aliphatic carbocycles. The molecule has 2 saturated heterocycles. The minimum absolute atomic E-state index is 0.0000883. The highest BCUT2D eigenvalue weighted by Gasteiger charge is 2.30. The Labute approximate surface area is 267 Å². The number of amides is 2. The molecule has 44 heavy (non-hydrogen) atoms. The summed E-state index contributed by atoms with van der Waals surface area (Å²) in [6.45, 7) is 12.4. The second kappa shape index (κ2) is 17.7. The van der Waals surface area contributed by atoms with E-state index >= 15 is 0 Å². The highest BCUT2D eigenvalue weighted by atomic mass is 16.2. The number of para-hydroxylation sites is 2. The summed E-state index contributed by atoms with van der Waals surface area (Å²) in [6, 6.07) is 12.4. The van der Waals surface area contributed by atoms with Crippen molar-refractivity contribution in [1.29, 1.82) is 0 Å². The van der Waals surface area contributed by atoms with Crippen LogP contribution in [0.15, 0.2) is 36.4 Å². The first-order chi connectivity index (χ1) is 21.3. The van der Waals surface area contributed by atoms with Gasteiger partial charge in [-0.25, -0.2) is 0 Å². The van der Waals surface area contributed by atoms with Crippen LogP contribution in [0.5, 0.6) is 0 Å². The maximum atomic E-state index is 13.2. The Hall–Kier alpha value is -2.70. The van der Waals surface area contributed by atoms with Gasteiger partial charge in [0.15, 0.2) is 0 Å². The Morgan fingerprint density at radius 3 is 1.27 bits per heavy atom. The van der Waals surface area contributed by atoms with Gasteiger partial charge in [0.25, 0.3) is 0 Å². The third-order valence-corrected chi connectivity index (χ3v) is 9.93. The van der Waals surface area contributed by atoms with Crippen molar-refractivity contribution in [3.8, 4) is 0 Å². The molecular weight excluding hydrogens is 544 g/mol. The Bertz CT molecular complexity index is 1080. The van der Waals surface area contributed by atoms with Gasteiger partial charge in [0.05, 0.1) is 12.1 Å². The van der Waals surface area contributed by atoms with Gasteiger partial charge in [-0.05, 0) is 115 Å². The van der Waals surface area contributed by atoms with E-state index in [1.54, 1.807) is 0 Å². The van der Waals surface area contributed by atoms with E-state index in [9.17, 15) is 9.59 Å². The van der Waals surface area contributed by atoms with Crippen molar-refractivity contribution in [3.63, 3.8) is 0 Å². The number of nitrogens with one attached hydrogen (secondary N) is 2. The second-order valence-corrected chi connectivity index (χ2v) is 13.4. The molecule has 6 nitrogen and oxygen atoms in total. The van der Waals surface area contributed by atoms with E-state index in [0.29, 0.717) is 0 Å². The van der Waals surface area contributed by atoms with Gasteiger partial charge in [-0.3, -0.25) is 19.4 Å². The highest BCUT2D eigenvalue weighted by molar-refractivity contribution is 5.96. The van der Waals surface area contributed by atoms with E-state index in [4.69, 9.17) is 0 Å². The van der Waals surface area contributed by atoms with Crippen molar-refractivity contribution in [3.05, 3.63) is 58.7 Å². The Morgan fingerprint density at radius 2 is 0.909 bits per heavy atom. The monoisotopic (exact) mass is 602 g/mol. The molecule has 2 heterocycles. The van der Waals surface area contributed by atoms with Crippen molar-refractivity contribution >= 4 is 23.2 Å². The molecule has 242 valence electrons. The Kier molecular flexibility index (Phi) is 13.7. The summed E-state index contributed by atoms with van der Waals surface area (Å²) in [4.78, 5) is 31.3. The zero-order valence-electron chi connectivity index (χ0n) is 28.1. The molecule has 0 aromatic heterocycles. The molecule has 0 saturated carbocycles. The van der Waals surface area contributed by atoms with E-state index in [1.807, 2.05) is 0 Å². The van der Waals surface area contributed by atoms with Gasteiger partial charge in [-0.1, -0.05) is 87.8 Å². The zero-order chi connectivity index (χ0) is 31.3. The Morgan fingerprint density at radius 1 is 0.568 bits per heavy atom. The molecule has 2 fully saturated rings. The van der Waals surface area contributed by atoms with Crippen LogP contribution in [-0.4, -0.2) is 59.9 Å². The van der Waals surface area contributed by atoms with Gasteiger partial charge in [-0.2, -0.15) is 0 Å². The minimum atomic E-state index is -0.0000883. The second-order valence-electron chi connectivity index (χ2n) is 13.4. The summed E-state index contributed by atoms with van der Waals surface area (Å²) in [7, 11) is 0. The van der Waals surface area contributed by atoms with Gasteiger partial charge >= 0.3 is 0 Å². The Balaban J connectivity index is 1.08. The zero-order valence-corrected chi connectivity index (χ0v) is 28.1. The van der Waals surface area contributed by atoms with Gasteiger partial charge < -0.3 is 10.6 Å². The number of piperidine rings is 2. The van der Waals surface area contributed by atoms with Crippen molar-refractivity contribution < 1.29 is 9.59 Å². The van der Waals surface area contributed by atoms with Gasteiger partial charge in [0.1, 0.15) is 0 Å². The number of hydrogen-bond acceptors (Lipinski definition) is 4. The number of unbranched alkanes of at least 4 members (excludes halogenated alkanes) is 7. The van der Waals surface area contributed by atoms with Crippen LogP contribution >= 0.6 is 0 Å². The molecular formula is C38H58N4O2. The minimum Gasteiger partial charge on any atom is -0.324 e. The van der Waals surface area contributed by atoms with Crippen LogP contribution in [0.4, 0.5) is 11.4 Å². The molecule has 2 aromatic carbocycles. The predicted octanol–water partition coefficient (Wildman–Crippen LogP) is 8.33. The van der Waals surface area contributed by atoms with Crippen LogP contribution < -0.4 is 10.6 Å². The van der Waals surface area contributed by atoms with Crippen LogP contribution in [0, 0.1) is 27.7 Å². The summed E-state index contributed by atoms with van der Waals surface area (Å²) >= 11 is 0. The van der Waals surface area contributed by atoms with E-state index in [0.717, 1.165) is 85.5 Å². The lowest BCUT2D eigenvalue weighted by atomic mass is 9.99. The van der Waals surface area contributed by atoms with Crippen molar-refractivity contribution in [2.24, 2.45) is 0 Å². The van der Waals surface area contributed by atoms with E-state index in [1.165, 1.54) is 64.2 Å². The molecule has 6 heteroatoms. The molecule has 0 bridgehead atoms. The molecule has 2 aromatic rings. The van der Waals surface area contributed by atoms with Crippen LogP contribution in [0.1, 0.15) is 112 Å². The third-order valence-electron chi connectivity index (χ3n) is 9.93. The normalized spacial score (nSPS) is 19.5. The third kappa shape index (κ3) is 9.90. The molecule has 0 spiro atoms. The lowest BCUT2D eigenvalue weighted by molar-refractivity contribution is -0.123. The number of hydrogen-bond donors (Lipinski definition) is 2. The molecule has 2 amide bonds. The van der Waals surface area contributed by atoms with E-state index in [2.05, 4.69) is 84.5 Å². The first-order valence-electron chi connectivity index (χ1n) is 17.6. The van der Waals surface area contributed by atoms with Gasteiger partial charge in [0.2, 0.25) is 11.8 Å². The van der Waals surface area contributed by atoms with Gasteiger partial charge in [-0.15, -0.1) is 0 Å². The SMILES string of the molecule is Cc1cccc(C)c1NC(=O)C1CCCCN1CCCCCCCCCCN1CCCCC1C(=O)Nc1c(C)cccc1C. The summed E-state index contributed by atoms with van der Waals surface area (Å²) in [6.07, 6.45) is 16.6. The molecule has 2 unspecified atom stereocenters. The average Bonchev–Trinajstić information content (AvgIpc) is 3.02. The number of nitrogens with zero attached hydrogens (tertiary/aromatic N) is 2. The molecule has 2 aliphatic heterocycles. The number of anilines is 2. The largest absolute Gasteiger partial charge is 0.324 e. The summed E-state index contributed by atoms with van der Waals surface area (Å²) in [5, 5.41) is 6.50. The standard InChI is InChI=1S/C38H58N4O2/c1-29-19-17-20-30(2)35(29)39-37(43)33-23-11-15-27-41(33)25-13-9-7-5-6-8-10-14-26-42-28-16-12-24-34(42)38(44)40-36-31(3)21-18-22-32(36)4/h17-22,33-34H,5-16,23-28H2,1-4H3,(H,39,43)(H,40,44). The lowest BCUT2D eigenvalue weighted by Crippen LogP contribution is -2.47. The van der Waals surface area contributed by atoms with Crippen LogP contribution in [0.25, 0.3) is 0 Å². The number of benzene rings is 2. The fourth-order valence-corrected chi connectivity index (χ4v) is 7.24. The van der Waals surface area contributed by atoms with Crippen LogP contribution in [0.3, 0.4) is 0 Å². The summed E-state index contributed by atoms with van der Waals surface area (Å²) in [5.74, 6) is 0.333. The summed E-state index contributed by atoms with van der Waals surface area (Å²) in [5.41, 5.74) is 6.50. The quantitative estimate of drug-likeness (QED) is 0.201.